The van der Waals surface area contributed by atoms with E-state index in [2.05, 4.69) is 23.4 Å². The number of methoxy groups -OCH3 is 1. The van der Waals surface area contributed by atoms with Crippen molar-refractivity contribution in [2.75, 3.05) is 14.2 Å². The van der Waals surface area contributed by atoms with E-state index < -0.39 is 17.7 Å². The topological polar surface area (TPSA) is 84.9 Å². The lowest BCUT2D eigenvalue weighted by Gasteiger charge is -2.23. The number of likely N-dealkylation sites (tertiary alicyclic amines) is 1. The van der Waals surface area contributed by atoms with Crippen molar-refractivity contribution in [3.63, 3.8) is 0 Å². The van der Waals surface area contributed by atoms with E-state index in [9.17, 15) is 14.4 Å². The van der Waals surface area contributed by atoms with Gasteiger partial charge in [-0.15, -0.1) is 13.2 Å². The van der Waals surface area contributed by atoms with Crippen LogP contribution in [0.5, 0.6) is 0 Å². The molecule has 1 amide bonds. The molecule has 0 radical (unpaired) electrons. The number of likely N-dealkylation sites (N-methyl/N-ethyl adjacent to an activating group) is 1. The Hall–Kier alpha value is -2.15. The van der Waals surface area contributed by atoms with E-state index in [1.54, 1.807) is 26.8 Å². The van der Waals surface area contributed by atoms with E-state index in [0.717, 1.165) is 25.7 Å². The summed E-state index contributed by atoms with van der Waals surface area (Å²) in [6, 6.07) is -0.0748. The fraction of sp³-hybridized carbons (Fsp3) is 0.667. The van der Waals surface area contributed by atoms with Gasteiger partial charge in [-0.05, 0) is 59.9 Å². The average Bonchev–Trinajstić information content (AvgIpc) is 2.98. The molecular weight excluding hydrogens is 360 g/mol. The maximum atomic E-state index is 11.4. The van der Waals surface area contributed by atoms with Crippen LogP contribution in [-0.4, -0.2) is 61.1 Å². The first-order valence-corrected chi connectivity index (χ1v) is 9.55. The molecule has 3 atom stereocenters. The summed E-state index contributed by atoms with van der Waals surface area (Å²) in [5, 5.41) is 2.42. The SMILES string of the molecule is C=CCC(C=O)NC(=O)OC(C)(C)C.C=CCCC1CCC(C(=O)OC)N1C. The maximum absolute atomic E-state index is 11.4. The van der Waals surface area contributed by atoms with Crippen molar-refractivity contribution in [1.29, 1.82) is 0 Å². The normalized spacial score (nSPS) is 20.2. The van der Waals surface area contributed by atoms with Gasteiger partial charge in [0, 0.05) is 6.04 Å². The summed E-state index contributed by atoms with van der Waals surface area (Å²) in [5.41, 5.74) is -0.550. The molecule has 1 N–H and O–H groups in total. The Kier molecular flexibility index (Phi) is 12.1. The fourth-order valence-electron chi connectivity index (χ4n) is 2.88. The van der Waals surface area contributed by atoms with Crippen molar-refractivity contribution in [3.05, 3.63) is 25.3 Å². The van der Waals surface area contributed by atoms with Crippen molar-refractivity contribution >= 4 is 18.3 Å². The summed E-state index contributed by atoms with van der Waals surface area (Å²) >= 11 is 0. The van der Waals surface area contributed by atoms with Crippen LogP contribution in [0.15, 0.2) is 25.3 Å². The second kappa shape index (κ2) is 13.1. The number of amides is 1. The molecule has 0 aromatic rings. The number of rotatable bonds is 8. The molecule has 1 heterocycles. The molecular formula is C21H36N2O5. The van der Waals surface area contributed by atoms with E-state index in [1.807, 2.05) is 13.1 Å². The Balaban J connectivity index is 0.000000521. The molecule has 0 saturated carbocycles. The molecule has 1 aliphatic rings. The van der Waals surface area contributed by atoms with Crippen molar-refractivity contribution in [3.8, 4) is 0 Å². The first kappa shape index (κ1) is 25.9. The van der Waals surface area contributed by atoms with Crippen molar-refractivity contribution in [1.82, 2.24) is 10.2 Å². The number of carbonyl (C=O) groups excluding carboxylic acids is 3. The second-order valence-electron chi connectivity index (χ2n) is 7.71. The molecule has 7 nitrogen and oxygen atoms in total. The summed E-state index contributed by atoms with van der Waals surface area (Å²) in [4.78, 5) is 35.1. The van der Waals surface area contributed by atoms with Gasteiger partial charge in [0.2, 0.25) is 0 Å². The van der Waals surface area contributed by atoms with Gasteiger partial charge in [-0.25, -0.2) is 4.79 Å². The van der Waals surface area contributed by atoms with Crippen LogP contribution in [0.4, 0.5) is 4.79 Å². The van der Waals surface area contributed by atoms with Gasteiger partial charge >= 0.3 is 12.1 Å². The van der Waals surface area contributed by atoms with Crippen LogP contribution in [-0.2, 0) is 19.1 Å². The number of hydrogen-bond acceptors (Lipinski definition) is 6. The number of aldehydes is 1. The number of nitrogens with one attached hydrogen (secondary N) is 1. The summed E-state index contributed by atoms with van der Waals surface area (Å²) < 4.78 is 9.73. The van der Waals surface area contributed by atoms with E-state index >= 15 is 0 Å². The molecule has 3 unspecified atom stereocenters. The van der Waals surface area contributed by atoms with Crippen LogP contribution in [0.3, 0.4) is 0 Å². The molecule has 7 heteroatoms. The van der Waals surface area contributed by atoms with Crippen molar-refractivity contribution in [2.45, 2.75) is 76.6 Å². The van der Waals surface area contributed by atoms with Crippen LogP contribution in [0.25, 0.3) is 0 Å². The Morgan fingerprint density at radius 3 is 2.36 bits per heavy atom. The number of esters is 1. The molecule has 1 fully saturated rings. The maximum Gasteiger partial charge on any atom is 0.408 e. The number of hydrogen-bond donors (Lipinski definition) is 1. The minimum Gasteiger partial charge on any atom is -0.468 e. The first-order chi connectivity index (χ1) is 13.1. The molecule has 160 valence electrons. The number of alkyl carbamates (subject to hydrolysis) is 1. The highest BCUT2D eigenvalue weighted by atomic mass is 16.6. The Morgan fingerprint density at radius 1 is 1.25 bits per heavy atom. The van der Waals surface area contributed by atoms with E-state index in [0.29, 0.717) is 18.7 Å². The fourth-order valence-corrected chi connectivity index (χ4v) is 2.88. The van der Waals surface area contributed by atoms with Crippen LogP contribution < -0.4 is 5.32 Å². The molecule has 28 heavy (non-hydrogen) atoms. The molecule has 1 aliphatic heterocycles. The predicted molar refractivity (Wildman–Crippen MR) is 110 cm³/mol. The van der Waals surface area contributed by atoms with E-state index in [-0.39, 0.29) is 12.0 Å². The molecule has 0 spiro atoms. The molecule has 0 aromatic heterocycles. The first-order valence-electron chi connectivity index (χ1n) is 9.55. The third-order valence-electron chi connectivity index (χ3n) is 4.31. The minimum atomic E-state index is -0.587. The Labute approximate surface area is 169 Å². The van der Waals surface area contributed by atoms with Gasteiger partial charge in [-0.3, -0.25) is 9.69 Å². The van der Waals surface area contributed by atoms with E-state index in [4.69, 9.17) is 9.47 Å². The molecule has 0 bridgehead atoms. The number of carbonyl (C=O) groups is 3. The minimum absolute atomic E-state index is 0.0326. The second-order valence-corrected chi connectivity index (χ2v) is 7.71. The highest BCUT2D eigenvalue weighted by molar-refractivity contribution is 5.76. The van der Waals surface area contributed by atoms with Crippen LogP contribution in [0.2, 0.25) is 0 Å². The molecule has 0 aromatic carbocycles. The van der Waals surface area contributed by atoms with Gasteiger partial charge in [-0.2, -0.15) is 0 Å². The highest BCUT2D eigenvalue weighted by Gasteiger charge is 2.35. The smallest absolute Gasteiger partial charge is 0.408 e. The molecule has 1 rings (SSSR count). The quantitative estimate of drug-likeness (QED) is 0.385. The van der Waals surface area contributed by atoms with Gasteiger partial charge in [0.15, 0.2) is 0 Å². The van der Waals surface area contributed by atoms with Gasteiger partial charge in [-0.1, -0.05) is 12.2 Å². The number of allylic oxidation sites excluding steroid dienone is 1. The van der Waals surface area contributed by atoms with Gasteiger partial charge < -0.3 is 19.6 Å². The number of nitrogens with zero attached hydrogens (tertiary/aromatic N) is 1. The third-order valence-corrected chi connectivity index (χ3v) is 4.31. The number of ether oxygens (including phenoxy) is 2. The third kappa shape index (κ3) is 10.3. The zero-order valence-electron chi connectivity index (χ0n) is 17.9. The highest BCUT2D eigenvalue weighted by Crippen LogP contribution is 2.26. The average molecular weight is 397 g/mol. The lowest BCUT2D eigenvalue weighted by Crippen LogP contribution is -2.39. The summed E-state index contributed by atoms with van der Waals surface area (Å²) in [6.45, 7) is 12.5. The zero-order valence-corrected chi connectivity index (χ0v) is 17.9. The lowest BCUT2D eigenvalue weighted by atomic mass is 10.1. The summed E-state index contributed by atoms with van der Waals surface area (Å²) in [7, 11) is 3.45. The van der Waals surface area contributed by atoms with Crippen LogP contribution in [0.1, 0.15) is 52.9 Å². The Morgan fingerprint density at radius 2 is 1.89 bits per heavy atom. The zero-order chi connectivity index (χ0) is 21.7. The summed E-state index contributed by atoms with van der Waals surface area (Å²) in [6.07, 6.45) is 8.09. The summed E-state index contributed by atoms with van der Waals surface area (Å²) in [5.74, 6) is -0.103. The monoisotopic (exact) mass is 396 g/mol. The Bertz CT molecular complexity index is 527. The molecule has 1 saturated heterocycles. The van der Waals surface area contributed by atoms with Crippen molar-refractivity contribution in [2.24, 2.45) is 0 Å². The largest absolute Gasteiger partial charge is 0.468 e. The van der Waals surface area contributed by atoms with Gasteiger partial charge in [0.25, 0.3) is 0 Å². The van der Waals surface area contributed by atoms with Gasteiger partial charge in [0.1, 0.15) is 17.9 Å². The predicted octanol–water partition coefficient (Wildman–Crippen LogP) is 3.24. The van der Waals surface area contributed by atoms with Crippen molar-refractivity contribution < 1.29 is 23.9 Å². The van der Waals surface area contributed by atoms with Gasteiger partial charge in [0.05, 0.1) is 13.2 Å². The van der Waals surface area contributed by atoms with Crippen LogP contribution >= 0.6 is 0 Å². The standard InChI is InChI=1S/C11H19NO2.C10H17NO3/c1-4-5-6-9-7-8-10(12(9)2)11(13)14-3;1-5-6-8(7-12)11-9(13)14-10(2,3)4/h4,9-10H,1,5-8H2,2-3H3;5,7-8H,1,6H2,2-4H3,(H,11,13). The van der Waals surface area contributed by atoms with Crippen LogP contribution in [0, 0.1) is 0 Å². The van der Waals surface area contributed by atoms with E-state index in [1.165, 1.54) is 7.11 Å². The molecule has 0 aliphatic carbocycles. The lowest BCUT2D eigenvalue weighted by molar-refractivity contribution is -0.145.